The van der Waals surface area contributed by atoms with Crippen molar-refractivity contribution in [2.45, 2.75) is 70.7 Å². The summed E-state index contributed by atoms with van der Waals surface area (Å²) in [5, 5.41) is 9.76. The zero-order valence-corrected chi connectivity index (χ0v) is 22.3. The molecule has 1 amide bonds. The van der Waals surface area contributed by atoms with Gasteiger partial charge in [0.1, 0.15) is 16.9 Å². The van der Waals surface area contributed by atoms with E-state index < -0.39 is 11.4 Å². The first-order chi connectivity index (χ1) is 17.5. The first-order valence-corrected chi connectivity index (χ1v) is 13.1. The van der Waals surface area contributed by atoms with Crippen LogP contribution in [-0.4, -0.2) is 87.8 Å². The highest BCUT2D eigenvalue weighted by Gasteiger charge is 2.51. The van der Waals surface area contributed by atoms with Gasteiger partial charge in [0.15, 0.2) is 11.0 Å². The van der Waals surface area contributed by atoms with Gasteiger partial charge in [0.05, 0.1) is 36.8 Å². The number of aliphatic hydroxyl groups is 1. The number of nitrogens with zero attached hydrogens (tertiary/aromatic N) is 5. The summed E-state index contributed by atoms with van der Waals surface area (Å²) in [4.78, 5) is 29.8. The first-order valence-electron chi connectivity index (χ1n) is 12.7. The largest absolute Gasteiger partial charge is 0.463 e. The molecule has 10 nitrogen and oxygen atoms in total. The van der Waals surface area contributed by atoms with E-state index >= 15 is 4.39 Å². The van der Waals surface area contributed by atoms with Crippen LogP contribution in [0.4, 0.5) is 15.0 Å². The molecule has 0 aromatic carbocycles. The van der Waals surface area contributed by atoms with Crippen LogP contribution in [0.2, 0.25) is 5.15 Å². The predicted molar refractivity (Wildman–Crippen MR) is 134 cm³/mol. The molecule has 0 radical (unpaired) electrons. The standard InChI is InChI=1S/C25H33ClFN5O5/c1-5-35-17-8-14-10-31(11-16(17)32(14)23(34)37-24(2,3)4)21-15-9-28-20(26)18(27)19(15)29-22(30-21)36-13-25(12-33)6-7-25/h9,14,16-17,33H,5-8,10-13H2,1-4H3. The number of carbonyl (C=O) groups excluding carboxylic acids is 1. The lowest BCUT2D eigenvalue weighted by molar-refractivity contribution is -0.00329. The molecule has 1 N–H and O–H groups in total. The minimum absolute atomic E-state index is 0.00617. The maximum atomic E-state index is 15.0. The highest BCUT2D eigenvalue weighted by atomic mass is 35.5. The fourth-order valence-electron chi connectivity index (χ4n) is 5.12. The number of fused-ring (bicyclic) bond motifs is 3. The molecular formula is C25H33ClFN5O5. The fraction of sp³-hybridized carbons (Fsp3) is 0.680. The molecule has 3 aliphatic rings. The number of hydrogen-bond donors (Lipinski definition) is 1. The van der Waals surface area contributed by atoms with E-state index in [0.29, 0.717) is 37.3 Å². The number of anilines is 1. The van der Waals surface area contributed by atoms with Crippen molar-refractivity contribution in [1.29, 1.82) is 0 Å². The molecular weight excluding hydrogens is 505 g/mol. The van der Waals surface area contributed by atoms with E-state index in [1.165, 1.54) is 6.20 Å². The molecule has 2 bridgehead atoms. The fourth-order valence-corrected chi connectivity index (χ4v) is 5.26. The average molecular weight is 538 g/mol. The number of aliphatic hydroxyl groups excluding tert-OH is 1. The number of rotatable bonds is 7. The second kappa shape index (κ2) is 9.67. The molecule has 5 rings (SSSR count). The number of piperazine rings is 1. The Morgan fingerprint density at radius 3 is 2.70 bits per heavy atom. The van der Waals surface area contributed by atoms with Gasteiger partial charge in [-0.25, -0.2) is 14.2 Å². The summed E-state index contributed by atoms with van der Waals surface area (Å²) >= 11 is 5.97. The third-order valence-electron chi connectivity index (χ3n) is 7.21. The van der Waals surface area contributed by atoms with Crippen molar-refractivity contribution >= 4 is 34.4 Å². The van der Waals surface area contributed by atoms with Crippen molar-refractivity contribution in [2.75, 3.05) is 37.8 Å². The molecule has 3 fully saturated rings. The van der Waals surface area contributed by atoms with Crippen molar-refractivity contribution < 1.29 is 28.5 Å². The smallest absolute Gasteiger partial charge is 0.411 e. The Labute approximate surface area is 220 Å². The lowest BCUT2D eigenvalue weighted by Crippen LogP contribution is -2.58. The monoisotopic (exact) mass is 537 g/mol. The molecule has 37 heavy (non-hydrogen) atoms. The molecule has 1 saturated carbocycles. The van der Waals surface area contributed by atoms with Gasteiger partial charge in [0, 0.05) is 31.3 Å². The Morgan fingerprint density at radius 1 is 1.30 bits per heavy atom. The van der Waals surface area contributed by atoms with Crippen LogP contribution in [-0.2, 0) is 9.47 Å². The molecule has 202 valence electrons. The van der Waals surface area contributed by atoms with Gasteiger partial charge in [-0.15, -0.1) is 0 Å². The highest BCUT2D eigenvalue weighted by molar-refractivity contribution is 6.30. The Morgan fingerprint density at radius 2 is 2.05 bits per heavy atom. The molecule has 3 unspecified atom stereocenters. The first kappa shape index (κ1) is 26.1. The van der Waals surface area contributed by atoms with E-state index in [1.807, 2.05) is 32.6 Å². The molecule has 4 heterocycles. The third-order valence-corrected chi connectivity index (χ3v) is 7.47. The van der Waals surface area contributed by atoms with Gasteiger partial charge < -0.3 is 24.2 Å². The summed E-state index contributed by atoms with van der Waals surface area (Å²) < 4.78 is 32.6. The molecule has 2 aromatic heterocycles. The molecule has 3 atom stereocenters. The van der Waals surface area contributed by atoms with Crippen LogP contribution < -0.4 is 9.64 Å². The second-order valence-electron chi connectivity index (χ2n) is 11.1. The van der Waals surface area contributed by atoms with Gasteiger partial charge in [-0.3, -0.25) is 4.90 Å². The van der Waals surface area contributed by atoms with Gasteiger partial charge in [-0.1, -0.05) is 11.6 Å². The van der Waals surface area contributed by atoms with Crippen LogP contribution in [0, 0.1) is 11.2 Å². The summed E-state index contributed by atoms with van der Waals surface area (Å²) in [6, 6.07) is -0.461. The Hall–Kier alpha value is -2.50. The van der Waals surface area contributed by atoms with E-state index in [4.69, 9.17) is 25.8 Å². The lowest BCUT2D eigenvalue weighted by Gasteiger charge is -2.42. The normalized spacial score (nSPS) is 24.5. The molecule has 2 saturated heterocycles. The number of aromatic nitrogens is 3. The van der Waals surface area contributed by atoms with Crippen molar-refractivity contribution in [1.82, 2.24) is 19.9 Å². The third kappa shape index (κ3) is 5.13. The van der Waals surface area contributed by atoms with E-state index in [0.717, 1.165) is 12.8 Å². The topological polar surface area (TPSA) is 110 Å². The maximum Gasteiger partial charge on any atom is 0.411 e. The Kier molecular flexibility index (Phi) is 6.82. The minimum atomic E-state index is -0.751. The van der Waals surface area contributed by atoms with Gasteiger partial charge in [0.25, 0.3) is 0 Å². The zero-order valence-electron chi connectivity index (χ0n) is 21.5. The van der Waals surface area contributed by atoms with Crippen LogP contribution in [0.1, 0.15) is 47.0 Å². The van der Waals surface area contributed by atoms with E-state index in [1.54, 1.807) is 4.90 Å². The van der Waals surface area contributed by atoms with Crippen LogP contribution in [0.5, 0.6) is 6.01 Å². The quantitative estimate of drug-likeness (QED) is 0.530. The Bertz CT molecular complexity index is 1190. The summed E-state index contributed by atoms with van der Waals surface area (Å²) in [5.74, 6) is -0.300. The summed E-state index contributed by atoms with van der Waals surface area (Å²) in [5.41, 5.74) is -0.910. The number of carbonyl (C=O) groups is 1. The van der Waals surface area contributed by atoms with E-state index in [-0.39, 0.29) is 59.6 Å². The van der Waals surface area contributed by atoms with Crippen LogP contribution in [0.3, 0.4) is 0 Å². The predicted octanol–water partition coefficient (Wildman–Crippen LogP) is 3.57. The van der Waals surface area contributed by atoms with Crippen molar-refractivity contribution in [3.63, 3.8) is 0 Å². The van der Waals surface area contributed by atoms with E-state index in [9.17, 15) is 9.90 Å². The molecule has 1 aliphatic carbocycles. The van der Waals surface area contributed by atoms with Gasteiger partial charge in [-0.2, -0.15) is 9.97 Å². The molecule has 2 aromatic rings. The average Bonchev–Trinajstić information content (AvgIpc) is 3.59. The number of pyridine rings is 1. The zero-order chi connectivity index (χ0) is 26.5. The van der Waals surface area contributed by atoms with Crippen molar-refractivity contribution in [2.24, 2.45) is 5.41 Å². The second-order valence-corrected chi connectivity index (χ2v) is 11.5. The molecule has 12 heteroatoms. The minimum Gasteiger partial charge on any atom is -0.463 e. The van der Waals surface area contributed by atoms with Crippen LogP contribution >= 0.6 is 11.6 Å². The molecule has 2 aliphatic heterocycles. The highest BCUT2D eigenvalue weighted by Crippen LogP contribution is 2.45. The van der Waals surface area contributed by atoms with Gasteiger partial charge >= 0.3 is 12.1 Å². The molecule has 0 spiro atoms. The number of halogens is 2. The number of amides is 1. The number of hydrogen-bond acceptors (Lipinski definition) is 9. The van der Waals surface area contributed by atoms with Crippen LogP contribution in [0.25, 0.3) is 10.9 Å². The Balaban J connectivity index is 1.49. The van der Waals surface area contributed by atoms with Gasteiger partial charge in [-0.05, 0) is 47.0 Å². The van der Waals surface area contributed by atoms with Crippen molar-refractivity contribution in [3.05, 3.63) is 17.2 Å². The lowest BCUT2D eigenvalue weighted by atomic mass is 10.1. The SMILES string of the molecule is CCOC1CC2CN(c3nc(OCC4(CO)CC4)nc4c(F)c(Cl)ncc34)CC1N2C(=O)OC(C)(C)C. The van der Waals surface area contributed by atoms with Gasteiger partial charge in [0.2, 0.25) is 0 Å². The number of ether oxygens (including phenoxy) is 3. The van der Waals surface area contributed by atoms with Crippen molar-refractivity contribution in [3.8, 4) is 6.01 Å². The summed E-state index contributed by atoms with van der Waals surface area (Å²) in [6.45, 7) is 9.05. The maximum absolute atomic E-state index is 15.0. The summed E-state index contributed by atoms with van der Waals surface area (Å²) in [7, 11) is 0. The van der Waals surface area contributed by atoms with Crippen LogP contribution in [0.15, 0.2) is 6.20 Å². The van der Waals surface area contributed by atoms with E-state index in [2.05, 4.69) is 15.0 Å². The summed E-state index contributed by atoms with van der Waals surface area (Å²) in [6.07, 6.45) is 3.26.